The first kappa shape index (κ1) is 29.4. The molecule has 14 heteroatoms. The Hall–Kier alpha value is -4.55. The molecule has 0 radical (unpaired) electrons. The van der Waals surface area contributed by atoms with Gasteiger partial charge in [-0.3, -0.25) is 10.6 Å². The second-order valence-corrected chi connectivity index (χ2v) is 10.4. The SMILES string of the molecule is CNC(=O)Nc1cc(Oc2ccc(NC(=O)Nc3cc(C(C)(C)C)nn3-c3ccc(OC)cc3)c(Cl)c2Cl)ncn1. The molecule has 4 N–H and O–H groups in total. The quantitative estimate of drug-likeness (QED) is 0.191. The number of carbonyl (C=O) groups excluding carboxylic acids is 2. The molecule has 0 spiro atoms. The van der Waals surface area contributed by atoms with Crippen LogP contribution in [0.15, 0.2) is 54.9 Å². The number of amides is 4. The van der Waals surface area contributed by atoms with E-state index in [4.69, 9.17) is 37.8 Å². The Kier molecular flexibility index (Phi) is 8.84. The summed E-state index contributed by atoms with van der Waals surface area (Å²) in [7, 11) is 3.07. The monoisotopic (exact) mass is 598 g/mol. The minimum absolute atomic E-state index is 0.0437. The molecule has 214 valence electrons. The predicted octanol–water partition coefficient (Wildman–Crippen LogP) is 6.46. The number of halogens is 2. The maximum atomic E-state index is 13.0. The smallest absolute Gasteiger partial charge is 0.324 e. The first-order chi connectivity index (χ1) is 19.5. The Morgan fingerprint density at radius 1 is 0.902 bits per heavy atom. The molecule has 41 heavy (non-hydrogen) atoms. The third-order valence-electron chi connectivity index (χ3n) is 5.66. The summed E-state index contributed by atoms with van der Waals surface area (Å²) < 4.78 is 12.6. The molecule has 4 aromatic rings. The number of hydrogen-bond acceptors (Lipinski definition) is 7. The van der Waals surface area contributed by atoms with Crippen LogP contribution in [0.4, 0.5) is 26.9 Å². The van der Waals surface area contributed by atoms with E-state index < -0.39 is 12.1 Å². The lowest BCUT2D eigenvalue weighted by atomic mass is 9.92. The number of rotatable bonds is 7. The van der Waals surface area contributed by atoms with E-state index in [0.29, 0.717) is 11.6 Å². The van der Waals surface area contributed by atoms with Crippen molar-refractivity contribution in [2.45, 2.75) is 26.2 Å². The molecule has 0 aliphatic rings. The summed E-state index contributed by atoms with van der Waals surface area (Å²) >= 11 is 12.9. The summed E-state index contributed by atoms with van der Waals surface area (Å²) in [6.07, 6.45) is 1.22. The molecule has 2 heterocycles. The molecule has 0 aliphatic heterocycles. The Morgan fingerprint density at radius 2 is 1.63 bits per heavy atom. The lowest BCUT2D eigenvalue weighted by molar-refractivity contribution is 0.254. The van der Waals surface area contributed by atoms with E-state index in [2.05, 4.69) is 31.2 Å². The molecule has 0 aliphatic carbocycles. The van der Waals surface area contributed by atoms with Gasteiger partial charge in [-0.2, -0.15) is 5.10 Å². The first-order valence-corrected chi connectivity index (χ1v) is 13.0. The summed E-state index contributed by atoms with van der Waals surface area (Å²) in [4.78, 5) is 32.5. The van der Waals surface area contributed by atoms with Crippen LogP contribution in [0, 0.1) is 0 Å². The highest BCUT2D eigenvalue weighted by Gasteiger charge is 2.22. The zero-order chi connectivity index (χ0) is 29.7. The van der Waals surface area contributed by atoms with Gasteiger partial charge in [0.1, 0.15) is 34.5 Å². The third-order valence-corrected chi connectivity index (χ3v) is 6.52. The van der Waals surface area contributed by atoms with Crippen LogP contribution in [-0.4, -0.2) is 46.0 Å². The number of nitrogens with zero attached hydrogens (tertiary/aromatic N) is 4. The second kappa shape index (κ2) is 12.3. The van der Waals surface area contributed by atoms with Crippen LogP contribution in [0.2, 0.25) is 10.0 Å². The summed E-state index contributed by atoms with van der Waals surface area (Å²) in [6.45, 7) is 6.09. The van der Waals surface area contributed by atoms with Gasteiger partial charge < -0.3 is 20.1 Å². The van der Waals surface area contributed by atoms with Crippen LogP contribution < -0.4 is 30.7 Å². The van der Waals surface area contributed by atoms with Crippen molar-refractivity contribution in [3.8, 4) is 23.1 Å². The molecule has 2 aromatic heterocycles. The zero-order valence-electron chi connectivity index (χ0n) is 22.9. The fourth-order valence-electron chi connectivity index (χ4n) is 3.49. The highest BCUT2D eigenvalue weighted by atomic mass is 35.5. The minimum atomic E-state index is -0.563. The topological polar surface area (TPSA) is 144 Å². The Labute approximate surface area is 246 Å². The fourth-order valence-corrected chi connectivity index (χ4v) is 3.90. The van der Waals surface area contributed by atoms with E-state index in [0.717, 1.165) is 11.4 Å². The van der Waals surface area contributed by atoms with Crippen molar-refractivity contribution < 1.29 is 19.1 Å². The molecule has 12 nitrogen and oxygen atoms in total. The molecule has 0 saturated heterocycles. The number of nitrogens with one attached hydrogen (secondary N) is 4. The van der Waals surface area contributed by atoms with Crippen LogP contribution in [0.25, 0.3) is 5.69 Å². The van der Waals surface area contributed by atoms with E-state index in [1.54, 1.807) is 11.8 Å². The number of methoxy groups -OCH3 is 1. The van der Waals surface area contributed by atoms with Crippen molar-refractivity contribution >= 4 is 52.6 Å². The number of benzene rings is 2. The van der Waals surface area contributed by atoms with Crippen molar-refractivity contribution in [2.24, 2.45) is 0 Å². The van der Waals surface area contributed by atoms with Gasteiger partial charge in [-0.1, -0.05) is 44.0 Å². The average molecular weight is 599 g/mol. The van der Waals surface area contributed by atoms with Crippen molar-refractivity contribution in [3.05, 3.63) is 70.6 Å². The molecule has 0 saturated carbocycles. The van der Waals surface area contributed by atoms with Gasteiger partial charge >= 0.3 is 12.1 Å². The molecule has 4 amide bonds. The summed E-state index contributed by atoms with van der Waals surface area (Å²) in [6, 6.07) is 12.6. The summed E-state index contributed by atoms with van der Waals surface area (Å²) in [5.74, 6) is 1.66. The highest BCUT2D eigenvalue weighted by Crippen LogP contribution is 2.39. The van der Waals surface area contributed by atoms with E-state index in [9.17, 15) is 9.59 Å². The van der Waals surface area contributed by atoms with Gasteiger partial charge in [0, 0.05) is 24.6 Å². The maximum absolute atomic E-state index is 13.0. The normalized spacial score (nSPS) is 11.0. The summed E-state index contributed by atoms with van der Waals surface area (Å²) in [5.41, 5.74) is 1.50. The van der Waals surface area contributed by atoms with Crippen LogP contribution in [0.5, 0.6) is 17.4 Å². The number of urea groups is 2. The molecule has 0 unspecified atom stereocenters. The van der Waals surface area contributed by atoms with Crippen molar-refractivity contribution in [1.29, 1.82) is 0 Å². The fraction of sp³-hybridized carbons (Fsp3) is 0.222. The first-order valence-electron chi connectivity index (χ1n) is 12.3. The number of carbonyl (C=O) groups is 2. The molecule has 0 fully saturated rings. The number of ether oxygens (including phenoxy) is 2. The molecular weight excluding hydrogens is 571 g/mol. The Bertz CT molecular complexity index is 1570. The van der Waals surface area contributed by atoms with Gasteiger partial charge in [-0.05, 0) is 36.4 Å². The van der Waals surface area contributed by atoms with Gasteiger partial charge in [-0.25, -0.2) is 24.2 Å². The standard InChI is InChI=1S/C27H28Cl2N8O4/c1-27(2,3)19-12-21(37(36-19)15-6-8-16(40-5)9-7-15)35-26(39)33-17-10-11-18(24(29)23(17)28)41-22-13-20(31-14-32-22)34-25(38)30-4/h6-14H,1-5H3,(H2,33,35,39)(H2,30,31,32,34,38). The minimum Gasteiger partial charge on any atom is -0.497 e. The highest BCUT2D eigenvalue weighted by molar-refractivity contribution is 6.45. The van der Waals surface area contributed by atoms with Crippen molar-refractivity contribution in [2.75, 3.05) is 30.1 Å². The van der Waals surface area contributed by atoms with E-state index in [1.807, 2.05) is 51.1 Å². The molecule has 2 aromatic carbocycles. The van der Waals surface area contributed by atoms with Gasteiger partial charge in [-0.15, -0.1) is 0 Å². The van der Waals surface area contributed by atoms with Crippen molar-refractivity contribution in [3.63, 3.8) is 0 Å². The molecule has 4 rings (SSSR count). The van der Waals surface area contributed by atoms with Crippen LogP contribution in [0.1, 0.15) is 26.5 Å². The number of hydrogen-bond donors (Lipinski definition) is 4. The predicted molar refractivity (Wildman–Crippen MR) is 158 cm³/mol. The lowest BCUT2D eigenvalue weighted by Gasteiger charge is -2.14. The van der Waals surface area contributed by atoms with Crippen LogP contribution in [0.3, 0.4) is 0 Å². The van der Waals surface area contributed by atoms with Crippen molar-refractivity contribution in [1.82, 2.24) is 25.1 Å². The van der Waals surface area contributed by atoms with E-state index in [1.165, 1.54) is 31.6 Å². The third kappa shape index (κ3) is 7.16. The van der Waals surface area contributed by atoms with E-state index >= 15 is 0 Å². The largest absolute Gasteiger partial charge is 0.497 e. The average Bonchev–Trinajstić information content (AvgIpc) is 3.37. The van der Waals surface area contributed by atoms with Gasteiger partial charge in [0.25, 0.3) is 0 Å². The van der Waals surface area contributed by atoms with Crippen LogP contribution >= 0.6 is 23.2 Å². The second-order valence-electron chi connectivity index (χ2n) is 9.64. The van der Waals surface area contributed by atoms with Crippen LogP contribution in [-0.2, 0) is 5.41 Å². The van der Waals surface area contributed by atoms with Gasteiger partial charge in [0.15, 0.2) is 0 Å². The number of anilines is 3. The molecule has 0 atom stereocenters. The molecule has 0 bridgehead atoms. The molecular formula is C27H28Cl2N8O4. The van der Waals surface area contributed by atoms with Gasteiger partial charge in [0.05, 0.1) is 29.2 Å². The lowest BCUT2D eigenvalue weighted by Crippen LogP contribution is -2.24. The zero-order valence-corrected chi connectivity index (χ0v) is 24.4. The number of aromatic nitrogens is 4. The Morgan fingerprint density at radius 3 is 2.29 bits per heavy atom. The maximum Gasteiger partial charge on any atom is 0.324 e. The van der Waals surface area contributed by atoms with E-state index in [-0.39, 0.29) is 38.6 Å². The summed E-state index contributed by atoms with van der Waals surface area (Å²) in [5, 5.41) is 15.3. The Balaban J connectivity index is 1.52. The van der Waals surface area contributed by atoms with Gasteiger partial charge in [0.2, 0.25) is 5.88 Å².